The standard InChI is InChI=1S/C17H12N2O7/c20-9-5-6-11-14(7-9)25-13-4-2-1-3-10(13)18(11)17(24)26-19-15(22)8-12(21)16(19)23/h1-4,6-7,12,21H,5,8H2. The lowest BCUT2D eigenvalue weighted by Gasteiger charge is -2.33. The number of anilines is 1. The second-order valence-corrected chi connectivity index (χ2v) is 5.78. The zero-order valence-electron chi connectivity index (χ0n) is 13.2. The Balaban J connectivity index is 1.71. The van der Waals surface area contributed by atoms with E-state index in [2.05, 4.69) is 0 Å². The van der Waals surface area contributed by atoms with Crippen molar-refractivity contribution in [1.29, 1.82) is 0 Å². The van der Waals surface area contributed by atoms with Crippen molar-refractivity contribution in [2.24, 2.45) is 0 Å². The number of aliphatic hydroxyl groups is 1. The number of carbonyl (C=O) groups excluding carboxylic acids is 4. The number of hydrogen-bond donors (Lipinski definition) is 1. The number of rotatable bonds is 1. The number of hydrogen-bond acceptors (Lipinski definition) is 7. The van der Waals surface area contributed by atoms with Crippen molar-refractivity contribution in [1.82, 2.24) is 5.06 Å². The van der Waals surface area contributed by atoms with Crippen LogP contribution in [0.15, 0.2) is 47.9 Å². The minimum Gasteiger partial charge on any atom is -0.453 e. The number of hydroxylamine groups is 2. The van der Waals surface area contributed by atoms with Gasteiger partial charge >= 0.3 is 6.09 Å². The first-order chi connectivity index (χ1) is 12.5. The SMILES string of the molecule is O=C1C=C2Oc3ccccc3N(C(=O)ON3C(=O)CC(O)C3=O)C2=CC1. The van der Waals surface area contributed by atoms with E-state index in [1.165, 1.54) is 12.2 Å². The van der Waals surface area contributed by atoms with Crippen LogP contribution in [-0.4, -0.2) is 40.0 Å². The molecule has 1 aliphatic carbocycles. The van der Waals surface area contributed by atoms with Gasteiger partial charge in [0.25, 0.3) is 11.8 Å². The molecule has 3 aliphatic rings. The van der Waals surface area contributed by atoms with Gasteiger partial charge in [0.2, 0.25) is 0 Å². The molecule has 1 atom stereocenters. The van der Waals surface area contributed by atoms with E-state index in [9.17, 15) is 24.3 Å². The molecule has 9 heteroatoms. The summed E-state index contributed by atoms with van der Waals surface area (Å²) in [4.78, 5) is 53.9. The van der Waals surface area contributed by atoms with Crippen LogP contribution in [0.1, 0.15) is 12.8 Å². The fourth-order valence-corrected chi connectivity index (χ4v) is 2.84. The van der Waals surface area contributed by atoms with Crippen LogP contribution < -0.4 is 9.64 Å². The highest BCUT2D eigenvalue weighted by molar-refractivity contribution is 6.06. The number of carbonyl (C=O) groups is 4. The molecule has 0 aromatic heterocycles. The molecule has 0 saturated carbocycles. The molecule has 0 spiro atoms. The highest BCUT2D eigenvalue weighted by atomic mass is 16.7. The largest absolute Gasteiger partial charge is 0.453 e. The first-order valence-corrected chi connectivity index (χ1v) is 7.74. The summed E-state index contributed by atoms with van der Waals surface area (Å²) >= 11 is 0. The van der Waals surface area contributed by atoms with Crippen LogP contribution in [-0.2, 0) is 19.2 Å². The van der Waals surface area contributed by atoms with Crippen molar-refractivity contribution >= 4 is 29.4 Å². The summed E-state index contributed by atoms with van der Waals surface area (Å²) in [6.45, 7) is 0. The van der Waals surface area contributed by atoms with Crippen molar-refractivity contribution in [3.8, 4) is 5.75 Å². The Bertz CT molecular complexity index is 917. The molecule has 132 valence electrons. The van der Waals surface area contributed by atoms with Crippen molar-refractivity contribution in [3.05, 3.63) is 47.9 Å². The topological polar surface area (TPSA) is 113 Å². The molecule has 2 aliphatic heterocycles. The van der Waals surface area contributed by atoms with E-state index in [4.69, 9.17) is 9.57 Å². The lowest BCUT2D eigenvalue weighted by molar-refractivity contribution is -0.173. The monoisotopic (exact) mass is 356 g/mol. The Morgan fingerprint density at radius 1 is 1.23 bits per heavy atom. The average Bonchev–Trinajstić information content (AvgIpc) is 2.85. The van der Waals surface area contributed by atoms with Gasteiger partial charge in [0.1, 0.15) is 6.10 Å². The van der Waals surface area contributed by atoms with Crippen molar-refractivity contribution in [2.45, 2.75) is 18.9 Å². The van der Waals surface area contributed by atoms with E-state index in [1.807, 2.05) is 0 Å². The van der Waals surface area contributed by atoms with Gasteiger partial charge in [-0.05, 0) is 18.2 Å². The van der Waals surface area contributed by atoms with E-state index < -0.39 is 30.4 Å². The Morgan fingerprint density at radius 3 is 2.73 bits per heavy atom. The predicted octanol–water partition coefficient (Wildman–Crippen LogP) is 0.797. The van der Waals surface area contributed by atoms with Crippen LogP contribution in [0.5, 0.6) is 5.75 Å². The van der Waals surface area contributed by atoms with Gasteiger partial charge in [-0.25, -0.2) is 9.69 Å². The first kappa shape index (κ1) is 16.0. The molecule has 0 bridgehead atoms. The van der Waals surface area contributed by atoms with Gasteiger partial charge in [0, 0.05) is 12.5 Å². The molecule has 1 saturated heterocycles. The second-order valence-electron chi connectivity index (χ2n) is 5.78. The van der Waals surface area contributed by atoms with Gasteiger partial charge in [0.15, 0.2) is 17.3 Å². The highest BCUT2D eigenvalue weighted by Gasteiger charge is 2.43. The number of ether oxygens (including phenoxy) is 1. The Hall–Kier alpha value is -3.46. The third-order valence-electron chi connectivity index (χ3n) is 4.04. The number of para-hydroxylation sites is 2. The third kappa shape index (κ3) is 2.45. The third-order valence-corrected chi connectivity index (χ3v) is 4.04. The van der Waals surface area contributed by atoms with E-state index in [1.54, 1.807) is 24.3 Å². The summed E-state index contributed by atoms with van der Waals surface area (Å²) in [5.41, 5.74) is 0.600. The van der Waals surface area contributed by atoms with E-state index in [-0.39, 0.29) is 28.7 Å². The molecule has 4 rings (SSSR count). The maximum atomic E-state index is 12.7. The van der Waals surface area contributed by atoms with Gasteiger partial charge in [-0.3, -0.25) is 14.4 Å². The molecule has 1 N–H and O–H groups in total. The minimum atomic E-state index is -1.53. The number of ketones is 1. The molecular formula is C17H12N2O7. The van der Waals surface area contributed by atoms with Crippen molar-refractivity contribution in [2.75, 3.05) is 4.90 Å². The van der Waals surface area contributed by atoms with E-state index in [0.717, 1.165) is 4.90 Å². The van der Waals surface area contributed by atoms with Crippen molar-refractivity contribution < 1.29 is 33.9 Å². The van der Waals surface area contributed by atoms with Crippen LogP contribution in [0.3, 0.4) is 0 Å². The number of fused-ring (bicyclic) bond motifs is 2. The fourth-order valence-electron chi connectivity index (χ4n) is 2.84. The molecule has 0 radical (unpaired) electrons. The van der Waals surface area contributed by atoms with Crippen LogP contribution in [0.25, 0.3) is 0 Å². The van der Waals surface area contributed by atoms with Crippen LogP contribution in [0.4, 0.5) is 10.5 Å². The summed E-state index contributed by atoms with van der Waals surface area (Å²) < 4.78 is 5.65. The van der Waals surface area contributed by atoms with Gasteiger partial charge in [0.05, 0.1) is 17.8 Å². The van der Waals surface area contributed by atoms with Gasteiger partial charge in [-0.1, -0.05) is 17.2 Å². The van der Waals surface area contributed by atoms with Crippen molar-refractivity contribution in [3.63, 3.8) is 0 Å². The smallest absolute Gasteiger partial charge is 0.444 e. The normalized spacial score (nSPS) is 21.6. The highest BCUT2D eigenvalue weighted by Crippen LogP contribution is 2.41. The zero-order chi connectivity index (χ0) is 18.4. The summed E-state index contributed by atoms with van der Waals surface area (Å²) in [6, 6.07) is 6.54. The molecule has 26 heavy (non-hydrogen) atoms. The first-order valence-electron chi connectivity index (χ1n) is 7.74. The number of benzene rings is 1. The van der Waals surface area contributed by atoms with Gasteiger partial charge < -0.3 is 14.7 Å². The lowest BCUT2D eigenvalue weighted by Crippen LogP contribution is -2.42. The lowest BCUT2D eigenvalue weighted by atomic mass is 10.1. The van der Waals surface area contributed by atoms with Gasteiger partial charge in [-0.2, -0.15) is 0 Å². The van der Waals surface area contributed by atoms with Crippen LogP contribution in [0.2, 0.25) is 0 Å². The maximum Gasteiger partial charge on any atom is 0.444 e. The van der Waals surface area contributed by atoms with E-state index >= 15 is 0 Å². The number of aliphatic hydroxyl groups excluding tert-OH is 1. The molecule has 3 amide bonds. The molecule has 1 unspecified atom stereocenters. The molecule has 2 heterocycles. The molecule has 1 aromatic rings. The molecule has 9 nitrogen and oxygen atoms in total. The Labute approximate surface area is 146 Å². The number of imide groups is 1. The Kier molecular flexibility index (Phi) is 3.58. The molecule has 1 fully saturated rings. The van der Waals surface area contributed by atoms with E-state index in [0.29, 0.717) is 11.4 Å². The molecule has 1 aromatic carbocycles. The average molecular weight is 356 g/mol. The fraction of sp³-hybridized carbons (Fsp3) is 0.176. The second kappa shape index (κ2) is 5.81. The summed E-state index contributed by atoms with van der Waals surface area (Å²) in [5.74, 6) is -1.54. The quantitative estimate of drug-likeness (QED) is 0.740. The number of nitrogens with zero attached hydrogens (tertiary/aromatic N) is 2. The maximum absolute atomic E-state index is 12.7. The number of allylic oxidation sites excluding steroid dienone is 2. The Morgan fingerprint density at radius 2 is 2.00 bits per heavy atom. The summed E-state index contributed by atoms with van der Waals surface area (Å²) in [5, 5.41) is 9.69. The minimum absolute atomic E-state index is 0.0639. The zero-order valence-corrected chi connectivity index (χ0v) is 13.2. The summed E-state index contributed by atoms with van der Waals surface area (Å²) in [7, 11) is 0. The summed E-state index contributed by atoms with van der Waals surface area (Å²) in [6.07, 6.45) is -0.196. The number of amides is 3. The van der Waals surface area contributed by atoms with Crippen LogP contribution >= 0.6 is 0 Å². The molecular weight excluding hydrogens is 344 g/mol. The predicted molar refractivity (Wildman–Crippen MR) is 84.3 cm³/mol. The van der Waals surface area contributed by atoms with Gasteiger partial charge in [-0.15, -0.1) is 0 Å². The van der Waals surface area contributed by atoms with Crippen LogP contribution in [0, 0.1) is 0 Å².